The lowest BCUT2D eigenvalue weighted by molar-refractivity contribution is 0.0475. The highest BCUT2D eigenvalue weighted by atomic mass is 16.5. The van der Waals surface area contributed by atoms with Crippen LogP contribution in [0.1, 0.15) is 62.8 Å². The number of ether oxygens (including phenoxy) is 1. The molecule has 0 fully saturated rings. The maximum atomic E-state index is 12.6. The van der Waals surface area contributed by atoms with E-state index in [-0.39, 0.29) is 23.9 Å². The fraction of sp³-hybridized carbons (Fsp3) is 0.192. The van der Waals surface area contributed by atoms with Crippen molar-refractivity contribution in [1.29, 1.82) is 0 Å². The van der Waals surface area contributed by atoms with E-state index in [0.717, 1.165) is 6.42 Å². The van der Waals surface area contributed by atoms with Crippen molar-refractivity contribution in [2.24, 2.45) is 0 Å². The average Bonchev–Trinajstić information content (AvgIpc) is 2.82. The third-order valence-corrected chi connectivity index (χ3v) is 5.18. The Morgan fingerprint density at radius 1 is 0.839 bits per heavy atom. The molecule has 0 heterocycles. The monoisotopic (exact) mass is 415 g/mol. The Hall–Kier alpha value is -3.73. The Morgan fingerprint density at radius 2 is 1.48 bits per heavy atom. The number of benzene rings is 3. The molecular formula is C26H25NO4. The zero-order valence-corrected chi connectivity index (χ0v) is 17.6. The molecule has 0 saturated carbocycles. The number of rotatable bonds is 8. The first kappa shape index (κ1) is 22.0. The summed E-state index contributed by atoms with van der Waals surface area (Å²) < 4.78 is 5.23. The molecule has 0 radical (unpaired) electrons. The number of amides is 1. The number of anilines is 1. The van der Waals surface area contributed by atoms with Gasteiger partial charge in [0.05, 0.1) is 11.3 Å². The third kappa shape index (κ3) is 5.66. The van der Waals surface area contributed by atoms with Gasteiger partial charge in [-0.2, -0.15) is 0 Å². The van der Waals surface area contributed by atoms with E-state index in [9.17, 15) is 14.4 Å². The van der Waals surface area contributed by atoms with Crippen molar-refractivity contribution in [2.75, 3.05) is 11.9 Å². The molecule has 1 N–H and O–H groups in total. The third-order valence-electron chi connectivity index (χ3n) is 5.18. The Morgan fingerprint density at radius 3 is 2.16 bits per heavy atom. The number of Topliss-reactive ketones (excluding diaryl/α,β-unsaturated/α-hetero) is 1. The summed E-state index contributed by atoms with van der Waals surface area (Å²) >= 11 is 0. The Labute approximate surface area is 182 Å². The topological polar surface area (TPSA) is 72.5 Å². The molecule has 0 aliphatic carbocycles. The summed E-state index contributed by atoms with van der Waals surface area (Å²) in [5.41, 5.74) is 2.64. The fourth-order valence-electron chi connectivity index (χ4n) is 3.08. The van der Waals surface area contributed by atoms with Gasteiger partial charge in [-0.3, -0.25) is 9.59 Å². The van der Waals surface area contributed by atoms with Crippen molar-refractivity contribution >= 4 is 23.3 Å². The molecule has 0 unspecified atom stereocenters. The van der Waals surface area contributed by atoms with Gasteiger partial charge in [-0.05, 0) is 42.2 Å². The van der Waals surface area contributed by atoms with Crippen LogP contribution in [-0.4, -0.2) is 24.3 Å². The van der Waals surface area contributed by atoms with Crippen LogP contribution in [0.15, 0.2) is 78.9 Å². The van der Waals surface area contributed by atoms with E-state index in [1.807, 2.05) is 18.2 Å². The summed E-state index contributed by atoms with van der Waals surface area (Å²) in [6, 6.07) is 22.6. The normalized spacial score (nSPS) is 11.4. The lowest BCUT2D eigenvalue weighted by atomic mass is 9.97. The molecule has 0 aliphatic rings. The van der Waals surface area contributed by atoms with E-state index in [1.165, 1.54) is 5.56 Å². The zero-order valence-electron chi connectivity index (χ0n) is 17.6. The van der Waals surface area contributed by atoms with Gasteiger partial charge in [0.2, 0.25) is 0 Å². The van der Waals surface area contributed by atoms with E-state index in [1.54, 1.807) is 60.7 Å². The van der Waals surface area contributed by atoms with Crippen LogP contribution in [0.2, 0.25) is 0 Å². The SMILES string of the molecule is CC[C@@H](C)c1ccc(C(=O)COC(=O)c2ccccc2NC(=O)c2ccccc2)cc1. The smallest absolute Gasteiger partial charge is 0.340 e. The molecule has 0 aliphatic heterocycles. The standard InChI is InChI=1S/C26H25NO4/c1-3-18(2)19-13-15-20(16-14-19)24(28)17-31-26(30)22-11-7-8-12-23(22)27-25(29)21-9-5-4-6-10-21/h4-16,18H,3,17H2,1-2H3,(H,27,29)/t18-/m1/s1. The second kappa shape index (κ2) is 10.3. The van der Waals surface area contributed by atoms with Crippen LogP contribution in [-0.2, 0) is 4.74 Å². The predicted molar refractivity (Wildman–Crippen MR) is 121 cm³/mol. The minimum absolute atomic E-state index is 0.187. The Kier molecular flexibility index (Phi) is 7.33. The van der Waals surface area contributed by atoms with Crippen molar-refractivity contribution in [1.82, 2.24) is 0 Å². The van der Waals surface area contributed by atoms with Gasteiger partial charge in [-0.25, -0.2) is 4.79 Å². The van der Waals surface area contributed by atoms with Crippen LogP contribution in [0.3, 0.4) is 0 Å². The largest absolute Gasteiger partial charge is 0.454 e. The number of hydrogen-bond acceptors (Lipinski definition) is 4. The second-order valence-electron chi connectivity index (χ2n) is 7.30. The highest BCUT2D eigenvalue weighted by Crippen LogP contribution is 2.20. The average molecular weight is 415 g/mol. The van der Waals surface area contributed by atoms with Crippen molar-refractivity contribution in [3.63, 3.8) is 0 Å². The minimum atomic E-state index is -0.673. The van der Waals surface area contributed by atoms with Gasteiger partial charge in [0, 0.05) is 11.1 Å². The first-order chi connectivity index (χ1) is 15.0. The zero-order chi connectivity index (χ0) is 22.2. The van der Waals surface area contributed by atoms with Gasteiger partial charge in [-0.15, -0.1) is 0 Å². The molecule has 0 bridgehead atoms. The van der Waals surface area contributed by atoms with E-state index in [0.29, 0.717) is 22.7 Å². The Balaban J connectivity index is 1.64. The van der Waals surface area contributed by atoms with E-state index in [2.05, 4.69) is 19.2 Å². The van der Waals surface area contributed by atoms with Crippen molar-refractivity contribution in [3.8, 4) is 0 Å². The fourth-order valence-corrected chi connectivity index (χ4v) is 3.08. The van der Waals surface area contributed by atoms with Gasteiger partial charge in [0.1, 0.15) is 0 Å². The number of esters is 1. The maximum absolute atomic E-state index is 12.6. The van der Waals surface area contributed by atoms with Crippen molar-refractivity contribution in [2.45, 2.75) is 26.2 Å². The summed E-state index contributed by atoms with van der Waals surface area (Å²) in [6.45, 7) is 3.87. The summed E-state index contributed by atoms with van der Waals surface area (Å²) in [4.78, 5) is 37.4. The molecule has 1 atom stereocenters. The van der Waals surface area contributed by atoms with Crippen molar-refractivity contribution in [3.05, 3.63) is 101 Å². The summed E-state index contributed by atoms with van der Waals surface area (Å²) in [6.07, 6.45) is 1.02. The first-order valence-electron chi connectivity index (χ1n) is 10.2. The van der Waals surface area contributed by atoms with Crippen LogP contribution in [0.25, 0.3) is 0 Å². The molecule has 158 valence electrons. The quantitative estimate of drug-likeness (QED) is 0.390. The number of para-hydroxylation sites is 1. The lowest BCUT2D eigenvalue weighted by Gasteiger charge is -2.11. The van der Waals surface area contributed by atoms with Gasteiger partial charge in [0.25, 0.3) is 5.91 Å². The first-order valence-corrected chi connectivity index (χ1v) is 10.2. The van der Waals surface area contributed by atoms with E-state index in [4.69, 9.17) is 4.74 Å². The highest BCUT2D eigenvalue weighted by molar-refractivity contribution is 6.08. The number of ketones is 1. The van der Waals surface area contributed by atoms with Crippen LogP contribution in [0, 0.1) is 0 Å². The second-order valence-corrected chi connectivity index (χ2v) is 7.30. The molecule has 3 aromatic rings. The Bertz CT molecular complexity index is 1060. The summed E-state index contributed by atoms with van der Waals surface area (Å²) in [5, 5.41) is 2.72. The van der Waals surface area contributed by atoms with Crippen LogP contribution < -0.4 is 5.32 Å². The van der Waals surface area contributed by atoms with Crippen molar-refractivity contribution < 1.29 is 19.1 Å². The summed E-state index contributed by atoms with van der Waals surface area (Å²) in [5.74, 6) is -0.869. The van der Waals surface area contributed by atoms with Gasteiger partial charge < -0.3 is 10.1 Å². The van der Waals surface area contributed by atoms with Gasteiger partial charge in [-0.1, -0.05) is 68.4 Å². The number of carbonyl (C=O) groups excluding carboxylic acids is 3. The van der Waals surface area contributed by atoms with Crippen LogP contribution in [0.4, 0.5) is 5.69 Å². The van der Waals surface area contributed by atoms with E-state index >= 15 is 0 Å². The molecule has 5 heteroatoms. The molecule has 3 rings (SSSR count). The van der Waals surface area contributed by atoms with Crippen LogP contribution >= 0.6 is 0 Å². The molecule has 5 nitrogen and oxygen atoms in total. The van der Waals surface area contributed by atoms with Gasteiger partial charge in [0.15, 0.2) is 12.4 Å². The number of hydrogen-bond donors (Lipinski definition) is 1. The number of carbonyl (C=O) groups is 3. The number of nitrogens with one attached hydrogen (secondary N) is 1. The lowest BCUT2D eigenvalue weighted by Crippen LogP contribution is -2.18. The van der Waals surface area contributed by atoms with E-state index < -0.39 is 5.97 Å². The molecule has 0 saturated heterocycles. The molecular weight excluding hydrogens is 390 g/mol. The molecule has 0 aromatic heterocycles. The van der Waals surface area contributed by atoms with Crippen LogP contribution in [0.5, 0.6) is 0 Å². The molecule has 1 amide bonds. The highest BCUT2D eigenvalue weighted by Gasteiger charge is 2.17. The maximum Gasteiger partial charge on any atom is 0.340 e. The molecule has 31 heavy (non-hydrogen) atoms. The predicted octanol–water partition coefficient (Wildman–Crippen LogP) is 5.49. The van der Waals surface area contributed by atoms with Gasteiger partial charge >= 0.3 is 5.97 Å². The molecule has 0 spiro atoms. The molecule has 3 aromatic carbocycles. The summed E-state index contributed by atoms with van der Waals surface area (Å²) in [7, 11) is 0. The minimum Gasteiger partial charge on any atom is -0.454 e.